The van der Waals surface area contributed by atoms with Crippen molar-refractivity contribution in [1.82, 2.24) is 0 Å². The molecule has 1 aliphatic heterocycles. The first kappa shape index (κ1) is 29.6. The highest BCUT2D eigenvalue weighted by Gasteiger charge is 2.33. The molecule has 0 fully saturated rings. The van der Waals surface area contributed by atoms with Gasteiger partial charge in [-0.05, 0) is 45.0 Å². The SMILES string of the molecule is CC1(C)N=C(N)N=C(N)N1c1ccc(OCc2cccc(S(=O)(=O)F)c2Cl)c(Cl)c1.CCS(=O)(=O)O. The third-order valence-corrected chi connectivity index (χ3v) is 7.07. The molecule has 1 aliphatic rings. The number of ether oxygens (including phenoxy) is 1. The van der Waals surface area contributed by atoms with Crippen LogP contribution in [0.15, 0.2) is 51.3 Å². The molecule has 198 valence electrons. The van der Waals surface area contributed by atoms with Gasteiger partial charge in [-0.25, -0.2) is 4.99 Å². The van der Waals surface area contributed by atoms with E-state index >= 15 is 0 Å². The number of nitrogens with two attached hydrogens (primary N) is 2. The predicted octanol–water partition coefficient (Wildman–Crippen LogP) is 3.31. The average Bonchev–Trinajstić information content (AvgIpc) is 2.71. The second-order valence-corrected chi connectivity index (χ2v) is 11.6. The maximum atomic E-state index is 13.3. The zero-order chi connectivity index (χ0) is 27.5. The third kappa shape index (κ3) is 7.67. The van der Waals surface area contributed by atoms with Crippen molar-refractivity contribution in [3.05, 3.63) is 52.0 Å². The van der Waals surface area contributed by atoms with Gasteiger partial charge in [-0.2, -0.15) is 21.8 Å². The van der Waals surface area contributed by atoms with Crippen LogP contribution in [-0.2, 0) is 26.9 Å². The van der Waals surface area contributed by atoms with E-state index in [0.717, 1.165) is 6.07 Å². The number of anilines is 1. The number of nitrogens with zero attached hydrogens (tertiary/aromatic N) is 3. The fraction of sp³-hybridized carbons (Fsp3) is 0.300. The lowest BCUT2D eigenvalue weighted by molar-refractivity contribution is 0.306. The Morgan fingerprint density at radius 1 is 1.14 bits per heavy atom. The van der Waals surface area contributed by atoms with E-state index < -0.39 is 30.9 Å². The largest absolute Gasteiger partial charge is 0.487 e. The molecule has 0 aliphatic carbocycles. The lowest BCUT2D eigenvalue weighted by Gasteiger charge is -2.38. The summed E-state index contributed by atoms with van der Waals surface area (Å²) in [7, 11) is -8.61. The molecule has 0 spiro atoms. The summed E-state index contributed by atoms with van der Waals surface area (Å²) >= 11 is 12.3. The Bertz CT molecular complexity index is 1420. The molecular formula is C20H24Cl2FN5O6S2. The van der Waals surface area contributed by atoms with Crippen molar-refractivity contribution in [1.29, 1.82) is 0 Å². The Morgan fingerprint density at radius 2 is 1.75 bits per heavy atom. The van der Waals surface area contributed by atoms with Gasteiger partial charge in [-0.3, -0.25) is 9.45 Å². The fourth-order valence-corrected chi connectivity index (χ4v) is 4.28. The maximum absolute atomic E-state index is 13.3. The summed E-state index contributed by atoms with van der Waals surface area (Å²) in [5.74, 6) is 0.341. The maximum Gasteiger partial charge on any atom is 0.333 e. The number of hydrogen-bond donors (Lipinski definition) is 3. The van der Waals surface area contributed by atoms with Crippen molar-refractivity contribution >= 4 is 61.1 Å². The zero-order valence-corrected chi connectivity index (χ0v) is 22.5. The van der Waals surface area contributed by atoms with E-state index in [1.54, 1.807) is 23.1 Å². The molecule has 36 heavy (non-hydrogen) atoms. The quantitative estimate of drug-likeness (QED) is 0.339. The van der Waals surface area contributed by atoms with E-state index in [9.17, 15) is 20.7 Å². The van der Waals surface area contributed by atoms with Gasteiger partial charge in [-0.1, -0.05) is 35.3 Å². The number of halogens is 3. The first-order valence-corrected chi connectivity index (χ1v) is 13.8. The second kappa shape index (κ2) is 11.2. The number of benzene rings is 2. The highest BCUT2D eigenvalue weighted by molar-refractivity contribution is 7.86. The van der Waals surface area contributed by atoms with Crippen molar-refractivity contribution in [3.63, 3.8) is 0 Å². The van der Waals surface area contributed by atoms with Gasteiger partial charge in [0.2, 0.25) is 11.9 Å². The molecule has 0 atom stereocenters. The lowest BCUT2D eigenvalue weighted by Crippen LogP contribution is -2.54. The van der Waals surface area contributed by atoms with Crippen LogP contribution < -0.4 is 21.1 Å². The molecule has 0 saturated carbocycles. The van der Waals surface area contributed by atoms with Crippen LogP contribution in [0, 0.1) is 0 Å². The Balaban J connectivity index is 0.000000678. The monoisotopic (exact) mass is 583 g/mol. The van der Waals surface area contributed by atoms with Crippen LogP contribution in [0.5, 0.6) is 5.75 Å². The summed E-state index contributed by atoms with van der Waals surface area (Å²) in [6.07, 6.45) is 0. The Kier molecular flexibility index (Phi) is 9.18. The number of guanidine groups is 2. The van der Waals surface area contributed by atoms with Gasteiger partial charge in [-0.15, -0.1) is 3.89 Å². The smallest absolute Gasteiger partial charge is 0.333 e. The molecule has 0 bridgehead atoms. The number of rotatable bonds is 6. The van der Waals surface area contributed by atoms with Crippen molar-refractivity contribution < 1.29 is 30.0 Å². The van der Waals surface area contributed by atoms with E-state index in [1.165, 1.54) is 19.1 Å². The summed E-state index contributed by atoms with van der Waals surface area (Å²) in [4.78, 5) is 9.30. The van der Waals surface area contributed by atoms with Crippen LogP contribution in [0.4, 0.5) is 9.57 Å². The summed E-state index contributed by atoms with van der Waals surface area (Å²) in [6.45, 7) is 4.87. The van der Waals surface area contributed by atoms with E-state index in [4.69, 9.17) is 44.0 Å². The van der Waals surface area contributed by atoms with E-state index in [0.29, 0.717) is 11.4 Å². The van der Waals surface area contributed by atoms with E-state index in [1.807, 2.05) is 13.8 Å². The van der Waals surface area contributed by atoms with Gasteiger partial charge >= 0.3 is 10.2 Å². The molecular weight excluding hydrogens is 560 g/mol. The van der Waals surface area contributed by atoms with Crippen molar-refractivity contribution in [2.24, 2.45) is 21.5 Å². The first-order valence-electron chi connectivity index (χ1n) is 10.1. The van der Waals surface area contributed by atoms with Crippen LogP contribution in [0.3, 0.4) is 0 Å². The molecule has 11 nitrogen and oxygen atoms in total. The van der Waals surface area contributed by atoms with Gasteiger partial charge in [0.25, 0.3) is 10.1 Å². The number of hydrogen-bond acceptors (Lipinski definition) is 10. The van der Waals surface area contributed by atoms with Gasteiger partial charge in [0.1, 0.15) is 22.9 Å². The highest BCUT2D eigenvalue weighted by Crippen LogP contribution is 2.35. The summed E-state index contributed by atoms with van der Waals surface area (Å²) < 4.78 is 68.2. The van der Waals surface area contributed by atoms with Crippen LogP contribution in [0.25, 0.3) is 0 Å². The topological polar surface area (TPSA) is 178 Å². The first-order chi connectivity index (χ1) is 16.5. The van der Waals surface area contributed by atoms with Gasteiger partial charge in [0.05, 0.1) is 15.8 Å². The molecule has 0 aromatic heterocycles. The molecule has 3 rings (SSSR count). The van der Waals surface area contributed by atoms with Crippen LogP contribution in [0.1, 0.15) is 26.3 Å². The zero-order valence-electron chi connectivity index (χ0n) is 19.3. The standard InChI is InChI=1S/C18H18Cl2FN5O3S.C2H6O3S/c1-18(2)25-16(22)24-17(23)26(18)11-6-7-13(12(19)8-11)29-9-10-4-3-5-14(15(10)20)30(21,27)28;1-2-6(3,4)5/h3-8H,9H2,1-2H3,(H4,22,23,24,25);2H2,1H3,(H,3,4,5). The second-order valence-electron chi connectivity index (χ2n) is 7.71. The molecule has 0 unspecified atom stereocenters. The summed E-state index contributed by atoms with van der Waals surface area (Å²) in [6, 6.07) is 8.88. The van der Waals surface area contributed by atoms with Gasteiger partial charge in [0, 0.05) is 11.3 Å². The Morgan fingerprint density at radius 3 is 2.25 bits per heavy atom. The molecule has 0 radical (unpaired) electrons. The van der Waals surface area contributed by atoms with Gasteiger partial charge < -0.3 is 16.2 Å². The average molecular weight is 584 g/mol. The highest BCUT2D eigenvalue weighted by atomic mass is 35.5. The molecule has 0 amide bonds. The normalized spacial score (nSPS) is 15.4. The predicted molar refractivity (Wildman–Crippen MR) is 137 cm³/mol. The molecule has 2 aromatic rings. The molecule has 0 saturated heterocycles. The Hall–Kier alpha value is -2.65. The summed E-state index contributed by atoms with van der Waals surface area (Å²) in [5.41, 5.74) is 11.8. The molecule has 5 N–H and O–H groups in total. The van der Waals surface area contributed by atoms with Crippen molar-refractivity contribution in [2.75, 3.05) is 10.7 Å². The third-order valence-electron chi connectivity index (χ3n) is 4.62. The fourth-order valence-electron chi connectivity index (χ4n) is 3.01. The molecule has 1 heterocycles. The van der Waals surface area contributed by atoms with Crippen molar-refractivity contribution in [2.45, 2.75) is 37.9 Å². The minimum absolute atomic E-state index is 0.0780. The van der Waals surface area contributed by atoms with Crippen molar-refractivity contribution in [3.8, 4) is 5.75 Å². The van der Waals surface area contributed by atoms with Gasteiger partial charge in [0.15, 0.2) is 0 Å². The minimum atomic E-state index is -4.95. The van der Waals surface area contributed by atoms with E-state index in [2.05, 4.69) is 9.98 Å². The van der Waals surface area contributed by atoms with Crippen LogP contribution >= 0.6 is 23.2 Å². The van der Waals surface area contributed by atoms with E-state index in [-0.39, 0.29) is 39.9 Å². The lowest BCUT2D eigenvalue weighted by atomic mass is 10.1. The molecule has 16 heteroatoms. The summed E-state index contributed by atoms with van der Waals surface area (Å²) in [5, 5.41) is 0.00580. The Labute approximate surface area is 218 Å². The minimum Gasteiger partial charge on any atom is -0.487 e. The van der Waals surface area contributed by atoms with Crippen LogP contribution in [-0.4, -0.2) is 44.7 Å². The number of aliphatic imine (C=N–C) groups is 2. The molecule has 2 aromatic carbocycles. The van der Waals surface area contributed by atoms with Crippen LogP contribution in [0.2, 0.25) is 10.0 Å².